The fraction of sp³-hybridized carbons (Fsp3) is 0.263. The Bertz CT molecular complexity index is 955. The molecule has 0 saturated carbocycles. The highest BCUT2D eigenvalue weighted by molar-refractivity contribution is 7.89. The van der Waals surface area contributed by atoms with E-state index >= 15 is 0 Å². The zero-order chi connectivity index (χ0) is 19.4. The molecule has 142 valence electrons. The Balaban J connectivity index is 1.50. The third-order valence-electron chi connectivity index (χ3n) is 4.56. The summed E-state index contributed by atoms with van der Waals surface area (Å²) in [4.78, 5) is 26.1. The van der Waals surface area contributed by atoms with Crippen molar-refractivity contribution >= 4 is 21.8 Å². The number of carbonyl (C=O) groups is 2. The van der Waals surface area contributed by atoms with Crippen molar-refractivity contribution in [2.45, 2.75) is 24.3 Å². The van der Waals surface area contributed by atoms with Gasteiger partial charge in [0.05, 0.1) is 4.90 Å². The second-order valence-electron chi connectivity index (χ2n) is 6.44. The van der Waals surface area contributed by atoms with Crippen LogP contribution in [0.15, 0.2) is 53.4 Å². The molecule has 0 spiro atoms. The maximum Gasteiger partial charge on any atom is 0.312 e. The van der Waals surface area contributed by atoms with Gasteiger partial charge in [-0.1, -0.05) is 36.4 Å². The summed E-state index contributed by atoms with van der Waals surface area (Å²) in [5.74, 6) is -1.16. The second kappa shape index (κ2) is 7.89. The molecule has 2 aromatic carbocycles. The summed E-state index contributed by atoms with van der Waals surface area (Å²) in [5.41, 5.74) is 3.12. The van der Waals surface area contributed by atoms with Crippen LogP contribution < -0.4 is 10.5 Å². The number of nitrogens with zero attached hydrogens (tertiary/aromatic N) is 1. The van der Waals surface area contributed by atoms with Crippen LogP contribution >= 0.6 is 0 Å². The first-order valence-electron chi connectivity index (χ1n) is 8.60. The van der Waals surface area contributed by atoms with E-state index in [-0.39, 0.29) is 11.4 Å². The molecule has 27 heavy (non-hydrogen) atoms. The SMILES string of the molecule is NS(=O)(=O)c1ccc(CCNC(=O)C(=O)N2CCc3ccccc3C2)cc1. The molecular weight excluding hydrogens is 366 g/mol. The van der Waals surface area contributed by atoms with Crippen molar-refractivity contribution in [3.63, 3.8) is 0 Å². The number of benzene rings is 2. The van der Waals surface area contributed by atoms with Crippen LogP contribution in [0.5, 0.6) is 0 Å². The number of nitrogens with one attached hydrogen (secondary N) is 1. The van der Waals surface area contributed by atoms with E-state index in [1.807, 2.05) is 24.3 Å². The topological polar surface area (TPSA) is 110 Å². The number of primary sulfonamides is 1. The molecule has 0 fully saturated rings. The molecule has 0 aliphatic carbocycles. The van der Waals surface area contributed by atoms with Gasteiger partial charge in [-0.15, -0.1) is 0 Å². The number of hydrogen-bond donors (Lipinski definition) is 2. The number of hydrogen-bond acceptors (Lipinski definition) is 4. The van der Waals surface area contributed by atoms with Gasteiger partial charge in [0, 0.05) is 19.6 Å². The molecule has 0 unspecified atom stereocenters. The molecule has 3 rings (SSSR count). The van der Waals surface area contributed by atoms with Gasteiger partial charge in [-0.25, -0.2) is 13.6 Å². The van der Waals surface area contributed by atoms with Crippen LogP contribution in [0, 0.1) is 0 Å². The first kappa shape index (κ1) is 19.1. The summed E-state index contributed by atoms with van der Waals surface area (Å²) in [6.45, 7) is 1.25. The summed E-state index contributed by atoms with van der Waals surface area (Å²) in [7, 11) is -3.72. The zero-order valence-electron chi connectivity index (χ0n) is 14.7. The van der Waals surface area contributed by atoms with E-state index in [4.69, 9.17) is 5.14 Å². The van der Waals surface area contributed by atoms with Crippen molar-refractivity contribution < 1.29 is 18.0 Å². The van der Waals surface area contributed by atoms with Crippen LogP contribution in [0.3, 0.4) is 0 Å². The minimum Gasteiger partial charge on any atom is -0.347 e. The van der Waals surface area contributed by atoms with Crippen LogP contribution in [-0.2, 0) is 39.0 Å². The normalized spacial score (nSPS) is 13.7. The quantitative estimate of drug-likeness (QED) is 0.748. The largest absolute Gasteiger partial charge is 0.347 e. The number of nitrogens with two attached hydrogens (primary N) is 1. The number of rotatable bonds is 4. The number of carbonyl (C=O) groups excluding carboxylic acids is 2. The average Bonchev–Trinajstić information content (AvgIpc) is 2.66. The van der Waals surface area contributed by atoms with Crippen molar-refractivity contribution in [1.82, 2.24) is 10.2 Å². The standard InChI is InChI=1S/C19H21N3O4S/c20-27(25,26)17-7-5-14(6-8-17)9-11-21-18(23)19(24)22-12-10-15-3-1-2-4-16(15)13-22/h1-8H,9-13H2,(H,21,23)(H2,20,25,26). The van der Waals surface area contributed by atoms with Crippen molar-refractivity contribution in [3.8, 4) is 0 Å². The molecule has 2 amide bonds. The molecule has 0 bridgehead atoms. The lowest BCUT2D eigenvalue weighted by Crippen LogP contribution is -2.45. The molecule has 7 nitrogen and oxygen atoms in total. The van der Waals surface area contributed by atoms with Crippen molar-refractivity contribution in [3.05, 3.63) is 65.2 Å². The molecule has 1 heterocycles. The van der Waals surface area contributed by atoms with Crippen LogP contribution in [-0.4, -0.2) is 38.2 Å². The lowest BCUT2D eigenvalue weighted by atomic mass is 10.00. The molecule has 0 aromatic heterocycles. The van der Waals surface area contributed by atoms with E-state index in [1.54, 1.807) is 17.0 Å². The molecule has 0 atom stereocenters. The minimum absolute atomic E-state index is 0.0378. The Labute approximate surface area is 158 Å². The first-order valence-corrected chi connectivity index (χ1v) is 10.1. The smallest absolute Gasteiger partial charge is 0.312 e. The second-order valence-corrected chi connectivity index (χ2v) is 8.00. The molecule has 3 N–H and O–H groups in total. The van der Waals surface area contributed by atoms with Crippen LogP contribution in [0.2, 0.25) is 0 Å². The fourth-order valence-corrected chi connectivity index (χ4v) is 3.57. The Kier molecular flexibility index (Phi) is 5.57. The van der Waals surface area contributed by atoms with Gasteiger partial charge < -0.3 is 10.2 Å². The van der Waals surface area contributed by atoms with Crippen molar-refractivity contribution in [2.75, 3.05) is 13.1 Å². The van der Waals surface area contributed by atoms with Crippen molar-refractivity contribution in [2.24, 2.45) is 5.14 Å². The molecule has 8 heteroatoms. The van der Waals surface area contributed by atoms with Gasteiger partial charge in [-0.3, -0.25) is 9.59 Å². The van der Waals surface area contributed by atoms with Gasteiger partial charge >= 0.3 is 11.8 Å². The monoisotopic (exact) mass is 387 g/mol. The fourth-order valence-electron chi connectivity index (χ4n) is 3.05. The van der Waals surface area contributed by atoms with Gasteiger partial charge in [-0.2, -0.15) is 0 Å². The number of fused-ring (bicyclic) bond motifs is 1. The highest BCUT2D eigenvalue weighted by atomic mass is 32.2. The highest BCUT2D eigenvalue weighted by Crippen LogP contribution is 2.18. The maximum absolute atomic E-state index is 12.3. The third kappa shape index (κ3) is 4.72. The van der Waals surface area contributed by atoms with E-state index in [0.717, 1.165) is 17.5 Å². The first-order chi connectivity index (χ1) is 12.8. The molecule has 1 aliphatic heterocycles. The van der Waals surface area contributed by atoms with E-state index < -0.39 is 21.8 Å². The lowest BCUT2D eigenvalue weighted by Gasteiger charge is -2.28. The molecule has 0 saturated heterocycles. The summed E-state index contributed by atoms with van der Waals surface area (Å²) >= 11 is 0. The van der Waals surface area contributed by atoms with E-state index in [2.05, 4.69) is 5.32 Å². The molecule has 0 radical (unpaired) electrons. The van der Waals surface area contributed by atoms with Gasteiger partial charge in [0.15, 0.2) is 0 Å². The Hall–Kier alpha value is -2.71. The Morgan fingerprint density at radius 1 is 1.04 bits per heavy atom. The van der Waals surface area contributed by atoms with Gasteiger partial charge in [-0.05, 0) is 41.7 Å². The number of amides is 2. The molecular formula is C19H21N3O4S. The zero-order valence-corrected chi connectivity index (χ0v) is 15.5. The minimum atomic E-state index is -3.72. The number of sulfonamides is 1. The van der Waals surface area contributed by atoms with E-state index in [9.17, 15) is 18.0 Å². The van der Waals surface area contributed by atoms with Crippen LogP contribution in [0.1, 0.15) is 16.7 Å². The Morgan fingerprint density at radius 3 is 2.37 bits per heavy atom. The predicted octanol–water partition coefficient (Wildman–Crippen LogP) is 0.578. The van der Waals surface area contributed by atoms with Crippen LogP contribution in [0.4, 0.5) is 0 Å². The third-order valence-corrected chi connectivity index (χ3v) is 5.49. The summed E-state index contributed by atoms with van der Waals surface area (Å²) in [5, 5.41) is 7.68. The van der Waals surface area contributed by atoms with Crippen LogP contribution in [0.25, 0.3) is 0 Å². The summed E-state index contributed by atoms with van der Waals surface area (Å²) in [6.07, 6.45) is 1.22. The average molecular weight is 387 g/mol. The maximum atomic E-state index is 12.3. The molecule has 1 aliphatic rings. The van der Waals surface area contributed by atoms with Crippen molar-refractivity contribution in [1.29, 1.82) is 0 Å². The van der Waals surface area contributed by atoms with E-state index in [0.29, 0.717) is 19.5 Å². The van der Waals surface area contributed by atoms with Gasteiger partial charge in [0.1, 0.15) is 0 Å². The lowest BCUT2D eigenvalue weighted by molar-refractivity contribution is -0.146. The van der Waals surface area contributed by atoms with Gasteiger partial charge in [0.2, 0.25) is 10.0 Å². The Morgan fingerprint density at radius 2 is 1.70 bits per heavy atom. The van der Waals surface area contributed by atoms with Gasteiger partial charge in [0.25, 0.3) is 0 Å². The highest BCUT2D eigenvalue weighted by Gasteiger charge is 2.25. The summed E-state index contributed by atoms with van der Waals surface area (Å²) in [6, 6.07) is 14.0. The van der Waals surface area contributed by atoms with E-state index in [1.165, 1.54) is 17.7 Å². The predicted molar refractivity (Wildman–Crippen MR) is 100 cm³/mol. The summed E-state index contributed by atoms with van der Waals surface area (Å²) < 4.78 is 22.5. The molecule has 2 aromatic rings.